The third kappa shape index (κ3) is 4.36. The van der Waals surface area contributed by atoms with Crippen LogP contribution in [0.15, 0.2) is 29.7 Å². The van der Waals surface area contributed by atoms with E-state index in [2.05, 4.69) is 10.2 Å². The van der Waals surface area contributed by atoms with Crippen molar-refractivity contribution in [3.63, 3.8) is 0 Å². The molecular formula is C13H14Cl2N4OS. The molecule has 0 aliphatic rings. The molecule has 2 aromatic rings. The lowest BCUT2D eigenvalue weighted by atomic mass is 10.2. The van der Waals surface area contributed by atoms with Gasteiger partial charge >= 0.3 is 0 Å². The number of aryl methyl sites for hydroxylation is 1. The molecule has 0 fully saturated rings. The Morgan fingerprint density at radius 3 is 2.76 bits per heavy atom. The molecule has 1 amide bonds. The maximum Gasteiger partial charge on any atom is 0.233 e. The van der Waals surface area contributed by atoms with Crippen LogP contribution in [-0.2, 0) is 18.4 Å². The van der Waals surface area contributed by atoms with Gasteiger partial charge in [0.05, 0.1) is 15.8 Å². The monoisotopic (exact) mass is 344 g/mol. The summed E-state index contributed by atoms with van der Waals surface area (Å²) in [7, 11) is 3.59. The predicted molar refractivity (Wildman–Crippen MR) is 84.7 cm³/mol. The highest BCUT2D eigenvalue weighted by molar-refractivity contribution is 7.99. The first-order valence-electron chi connectivity index (χ1n) is 6.12. The summed E-state index contributed by atoms with van der Waals surface area (Å²) in [5.74, 6) is 0.318. The molecule has 112 valence electrons. The molecule has 21 heavy (non-hydrogen) atoms. The Hall–Kier alpha value is -1.24. The van der Waals surface area contributed by atoms with Crippen LogP contribution in [0.25, 0.3) is 0 Å². The van der Waals surface area contributed by atoms with Gasteiger partial charge < -0.3 is 9.47 Å². The lowest BCUT2D eigenvalue weighted by Gasteiger charge is -2.17. The highest BCUT2D eigenvalue weighted by atomic mass is 35.5. The summed E-state index contributed by atoms with van der Waals surface area (Å²) >= 11 is 13.2. The number of hydrogen-bond donors (Lipinski definition) is 0. The summed E-state index contributed by atoms with van der Waals surface area (Å²) < 4.78 is 1.77. The van der Waals surface area contributed by atoms with Gasteiger partial charge in [-0.1, -0.05) is 41.0 Å². The van der Waals surface area contributed by atoms with Crippen LogP contribution < -0.4 is 0 Å². The molecule has 0 atom stereocenters. The van der Waals surface area contributed by atoms with E-state index in [9.17, 15) is 4.79 Å². The molecule has 0 aliphatic carbocycles. The molecule has 8 heteroatoms. The molecule has 0 radical (unpaired) electrons. The van der Waals surface area contributed by atoms with Gasteiger partial charge in [0, 0.05) is 20.6 Å². The van der Waals surface area contributed by atoms with Crippen molar-refractivity contribution in [2.75, 3.05) is 12.8 Å². The van der Waals surface area contributed by atoms with Crippen molar-refractivity contribution in [3.8, 4) is 0 Å². The van der Waals surface area contributed by atoms with Gasteiger partial charge in [-0.3, -0.25) is 4.79 Å². The lowest BCUT2D eigenvalue weighted by Crippen LogP contribution is -2.27. The van der Waals surface area contributed by atoms with Crippen LogP contribution in [0.4, 0.5) is 0 Å². The molecule has 0 saturated heterocycles. The van der Waals surface area contributed by atoms with Crippen molar-refractivity contribution >= 4 is 40.9 Å². The predicted octanol–water partition coefficient (Wildman–Crippen LogP) is 2.87. The number of carbonyl (C=O) groups is 1. The third-order valence-electron chi connectivity index (χ3n) is 2.82. The van der Waals surface area contributed by atoms with E-state index in [1.807, 2.05) is 13.1 Å². The number of hydrogen-bond acceptors (Lipinski definition) is 4. The number of nitrogens with zero attached hydrogens (tertiary/aromatic N) is 4. The highest BCUT2D eigenvalue weighted by Gasteiger charge is 2.12. The number of halogens is 2. The Labute approximate surface area is 137 Å². The molecule has 0 unspecified atom stereocenters. The minimum Gasteiger partial charge on any atom is -0.341 e. The SMILES string of the molecule is CN(Cc1ccc(Cl)c(Cl)c1)C(=O)CSc1nncn1C. The molecule has 0 saturated carbocycles. The third-order valence-corrected chi connectivity index (χ3v) is 4.58. The Kier molecular flexibility index (Phi) is 5.50. The number of amides is 1. The molecule has 5 nitrogen and oxygen atoms in total. The van der Waals surface area contributed by atoms with Crippen molar-refractivity contribution in [1.82, 2.24) is 19.7 Å². The molecule has 0 bridgehead atoms. The van der Waals surface area contributed by atoms with E-state index in [0.29, 0.717) is 27.5 Å². The highest BCUT2D eigenvalue weighted by Crippen LogP contribution is 2.23. The number of aromatic nitrogens is 3. The summed E-state index contributed by atoms with van der Waals surface area (Å²) in [5.41, 5.74) is 0.934. The molecule has 0 aliphatic heterocycles. The topological polar surface area (TPSA) is 51.0 Å². The number of benzene rings is 1. The average Bonchev–Trinajstić information content (AvgIpc) is 2.85. The van der Waals surface area contributed by atoms with Crippen LogP contribution in [0, 0.1) is 0 Å². The van der Waals surface area contributed by atoms with Gasteiger partial charge in [0.25, 0.3) is 0 Å². The fourth-order valence-electron chi connectivity index (χ4n) is 1.64. The second-order valence-electron chi connectivity index (χ2n) is 4.51. The quantitative estimate of drug-likeness (QED) is 0.782. The van der Waals surface area contributed by atoms with E-state index in [1.165, 1.54) is 11.8 Å². The first-order chi connectivity index (χ1) is 9.97. The minimum absolute atomic E-state index is 0.00840. The van der Waals surface area contributed by atoms with Crippen LogP contribution in [0.3, 0.4) is 0 Å². The Bertz CT molecular complexity index is 647. The van der Waals surface area contributed by atoms with E-state index in [0.717, 1.165) is 5.56 Å². The molecular weight excluding hydrogens is 331 g/mol. The standard InChI is InChI=1S/C13H14Cl2N4OS/c1-18(6-9-3-4-10(14)11(15)5-9)12(20)7-21-13-17-16-8-19(13)2/h3-5,8H,6-7H2,1-2H3. The first-order valence-corrected chi connectivity index (χ1v) is 7.86. The van der Waals surface area contributed by atoms with Crippen molar-refractivity contribution < 1.29 is 4.79 Å². The summed E-state index contributed by atoms with van der Waals surface area (Å²) in [5, 5.41) is 9.41. The average molecular weight is 345 g/mol. The van der Waals surface area contributed by atoms with E-state index in [1.54, 1.807) is 35.0 Å². The van der Waals surface area contributed by atoms with Crippen molar-refractivity contribution in [3.05, 3.63) is 40.1 Å². The molecule has 1 aromatic heterocycles. The van der Waals surface area contributed by atoms with Gasteiger partial charge in [0.15, 0.2) is 5.16 Å². The largest absolute Gasteiger partial charge is 0.341 e. The number of carbonyl (C=O) groups excluding carboxylic acids is 1. The Morgan fingerprint density at radius 2 is 2.14 bits per heavy atom. The Morgan fingerprint density at radius 1 is 1.38 bits per heavy atom. The molecule has 2 rings (SSSR count). The van der Waals surface area contributed by atoms with E-state index in [-0.39, 0.29) is 5.91 Å². The van der Waals surface area contributed by atoms with Gasteiger partial charge in [0.2, 0.25) is 5.91 Å². The summed E-state index contributed by atoms with van der Waals surface area (Å²) in [6, 6.07) is 5.35. The van der Waals surface area contributed by atoms with Gasteiger partial charge in [-0.15, -0.1) is 10.2 Å². The van der Waals surface area contributed by atoms with E-state index in [4.69, 9.17) is 23.2 Å². The second-order valence-corrected chi connectivity index (χ2v) is 6.27. The van der Waals surface area contributed by atoms with Crippen molar-refractivity contribution in [2.24, 2.45) is 7.05 Å². The number of thioether (sulfide) groups is 1. The molecule has 1 heterocycles. The van der Waals surface area contributed by atoms with Gasteiger partial charge in [-0.25, -0.2) is 0 Å². The minimum atomic E-state index is 0.00840. The molecule has 0 spiro atoms. The normalized spacial score (nSPS) is 10.7. The van der Waals surface area contributed by atoms with Gasteiger partial charge in [-0.2, -0.15) is 0 Å². The van der Waals surface area contributed by atoms with E-state index < -0.39 is 0 Å². The first kappa shape index (κ1) is 16.1. The van der Waals surface area contributed by atoms with E-state index >= 15 is 0 Å². The molecule has 1 aromatic carbocycles. The summed E-state index contributed by atoms with van der Waals surface area (Å²) in [4.78, 5) is 13.7. The van der Waals surface area contributed by atoms with Gasteiger partial charge in [-0.05, 0) is 17.7 Å². The zero-order chi connectivity index (χ0) is 15.4. The van der Waals surface area contributed by atoms with Crippen LogP contribution in [-0.4, -0.2) is 38.4 Å². The summed E-state index contributed by atoms with van der Waals surface area (Å²) in [6.45, 7) is 0.481. The van der Waals surface area contributed by atoms with Crippen LogP contribution in [0.5, 0.6) is 0 Å². The second kappa shape index (κ2) is 7.15. The van der Waals surface area contributed by atoms with Crippen LogP contribution >= 0.6 is 35.0 Å². The van der Waals surface area contributed by atoms with Crippen LogP contribution in [0.1, 0.15) is 5.56 Å². The van der Waals surface area contributed by atoms with Gasteiger partial charge in [0.1, 0.15) is 6.33 Å². The Balaban J connectivity index is 1.90. The maximum atomic E-state index is 12.1. The fourth-order valence-corrected chi connectivity index (χ4v) is 2.79. The molecule has 0 N–H and O–H groups in total. The fraction of sp³-hybridized carbons (Fsp3) is 0.308. The zero-order valence-corrected chi connectivity index (χ0v) is 13.9. The maximum absolute atomic E-state index is 12.1. The number of rotatable bonds is 5. The smallest absolute Gasteiger partial charge is 0.233 e. The van der Waals surface area contributed by atoms with Crippen molar-refractivity contribution in [2.45, 2.75) is 11.7 Å². The lowest BCUT2D eigenvalue weighted by molar-refractivity contribution is -0.127. The zero-order valence-electron chi connectivity index (χ0n) is 11.6. The van der Waals surface area contributed by atoms with Crippen molar-refractivity contribution in [1.29, 1.82) is 0 Å². The summed E-state index contributed by atoms with van der Waals surface area (Å²) in [6.07, 6.45) is 1.60. The van der Waals surface area contributed by atoms with Crippen LogP contribution in [0.2, 0.25) is 10.0 Å².